The highest BCUT2D eigenvalue weighted by atomic mass is 32.2. The molecule has 0 amide bonds. The number of nitrogens with one attached hydrogen (secondary N) is 2. The van der Waals surface area contributed by atoms with Gasteiger partial charge in [-0.15, -0.1) is 0 Å². The van der Waals surface area contributed by atoms with Gasteiger partial charge < -0.3 is 19.5 Å². The summed E-state index contributed by atoms with van der Waals surface area (Å²) in [5.41, 5.74) is 2.31. The van der Waals surface area contributed by atoms with Crippen molar-refractivity contribution in [2.45, 2.75) is 30.0 Å². The summed E-state index contributed by atoms with van der Waals surface area (Å²) in [6, 6.07) is 17.9. The Balaban J connectivity index is 1.24. The van der Waals surface area contributed by atoms with Crippen LogP contribution in [0.3, 0.4) is 0 Å². The number of aromatic nitrogens is 2. The normalized spacial score (nSPS) is 24.0. The molecule has 0 saturated carbocycles. The number of methoxy groups -OCH3 is 1. The second-order valence-electron chi connectivity index (χ2n) is 8.28. The van der Waals surface area contributed by atoms with Crippen LogP contribution in [-0.2, 0) is 25.2 Å². The van der Waals surface area contributed by atoms with Gasteiger partial charge in [0.2, 0.25) is 16.0 Å². The van der Waals surface area contributed by atoms with Crippen LogP contribution in [0, 0.1) is 0 Å². The van der Waals surface area contributed by atoms with E-state index in [4.69, 9.17) is 14.2 Å². The Bertz CT molecular complexity index is 1240. The summed E-state index contributed by atoms with van der Waals surface area (Å²) in [4.78, 5) is 8.97. The lowest BCUT2D eigenvalue weighted by Crippen LogP contribution is -2.45. The minimum atomic E-state index is -3.54. The highest BCUT2D eigenvalue weighted by molar-refractivity contribution is 7.88. The van der Waals surface area contributed by atoms with Crippen molar-refractivity contribution in [3.63, 3.8) is 0 Å². The molecule has 1 aromatic heterocycles. The van der Waals surface area contributed by atoms with Crippen molar-refractivity contribution in [1.29, 1.82) is 0 Å². The van der Waals surface area contributed by atoms with Gasteiger partial charge in [0.25, 0.3) is 0 Å². The van der Waals surface area contributed by atoms with E-state index in [-0.39, 0.29) is 30.6 Å². The van der Waals surface area contributed by atoms with Gasteiger partial charge in [-0.25, -0.2) is 23.1 Å². The number of fused-ring (bicyclic) bond motifs is 1. The number of para-hydroxylation sites is 1. The summed E-state index contributed by atoms with van der Waals surface area (Å²) in [6.45, 7) is 0.595. The fraction of sp³-hybridized carbons (Fsp3) is 0.333. The molecule has 2 aromatic carbocycles. The van der Waals surface area contributed by atoms with Gasteiger partial charge in [0.15, 0.2) is 0 Å². The van der Waals surface area contributed by atoms with E-state index < -0.39 is 16.1 Å². The maximum absolute atomic E-state index is 12.7. The molecule has 0 radical (unpaired) electrons. The van der Waals surface area contributed by atoms with Crippen molar-refractivity contribution in [1.82, 2.24) is 14.7 Å². The van der Waals surface area contributed by atoms with E-state index in [9.17, 15) is 8.42 Å². The minimum Gasteiger partial charge on any atom is -0.496 e. The molecule has 4 atom stereocenters. The summed E-state index contributed by atoms with van der Waals surface area (Å²) in [7, 11) is -1.92. The second-order valence-corrected chi connectivity index (χ2v) is 10.0. The zero-order chi connectivity index (χ0) is 23.5. The van der Waals surface area contributed by atoms with Gasteiger partial charge in [-0.05, 0) is 23.8 Å². The molecule has 5 rings (SSSR count). The fourth-order valence-corrected chi connectivity index (χ4v) is 5.77. The summed E-state index contributed by atoms with van der Waals surface area (Å²) in [5, 5.41) is 3.29. The Morgan fingerprint density at radius 1 is 0.971 bits per heavy atom. The van der Waals surface area contributed by atoms with Crippen LogP contribution in [0.25, 0.3) is 11.3 Å². The van der Waals surface area contributed by atoms with Gasteiger partial charge in [0.1, 0.15) is 18.0 Å². The van der Waals surface area contributed by atoms with Crippen molar-refractivity contribution in [2.24, 2.45) is 0 Å². The molecule has 0 bridgehead atoms. The molecule has 2 fully saturated rings. The number of sulfonamides is 1. The summed E-state index contributed by atoms with van der Waals surface area (Å²) in [5.74, 6) is 1.07. The van der Waals surface area contributed by atoms with Gasteiger partial charge in [-0.3, -0.25) is 0 Å². The number of benzene rings is 2. The van der Waals surface area contributed by atoms with Gasteiger partial charge in [-0.2, -0.15) is 0 Å². The molecular formula is C24H26N4O5S. The van der Waals surface area contributed by atoms with Crippen LogP contribution in [0.2, 0.25) is 0 Å². The average molecular weight is 483 g/mol. The van der Waals surface area contributed by atoms with E-state index in [0.717, 1.165) is 22.6 Å². The quantitative estimate of drug-likeness (QED) is 0.503. The molecule has 178 valence electrons. The molecule has 34 heavy (non-hydrogen) atoms. The highest BCUT2D eigenvalue weighted by Crippen LogP contribution is 2.31. The van der Waals surface area contributed by atoms with Crippen LogP contribution in [0.4, 0.5) is 5.95 Å². The first kappa shape index (κ1) is 22.7. The van der Waals surface area contributed by atoms with Crippen LogP contribution in [0.15, 0.2) is 66.9 Å². The lowest BCUT2D eigenvalue weighted by molar-refractivity contribution is 0.0690. The zero-order valence-electron chi connectivity index (χ0n) is 18.6. The molecule has 3 heterocycles. The van der Waals surface area contributed by atoms with Crippen molar-refractivity contribution in [2.75, 3.05) is 25.6 Å². The minimum absolute atomic E-state index is 0.0903. The standard InChI is InChI=1S/C24H26N4O5S/c1-31-21-10-6-5-9-17(21)18-11-12-25-24(26-18)27-19-13-32-23-20(14-33-22(19)23)28-34(29,30)15-16-7-3-2-4-8-16/h2-12,19-20,22-23,28H,13-15H2,1H3,(H,25,26,27). The third-order valence-corrected chi connectivity index (χ3v) is 7.31. The molecule has 4 unspecified atom stereocenters. The van der Waals surface area contributed by atoms with E-state index in [0.29, 0.717) is 12.6 Å². The Labute approximate surface area is 198 Å². The molecule has 0 spiro atoms. The Morgan fingerprint density at radius 2 is 1.68 bits per heavy atom. The predicted molar refractivity (Wildman–Crippen MR) is 127 cm³/mol. The second kappa shape index (κ2) is 9.67. The molecule has 2 N–H and O–H groups in total. The lowest BCUT2D eigenvalue weighted by Gasteiger charge is -2.18. The number of anilines is 1. The van der Waals surface area contributed by atoms with E-state index in [1.54, 1.807) is 25.4 Å². The summed E-state index contributed by atoms with van der Waals surface area (Å²) in [6.07, 6.45) is 0.976. The van der Waals surface area contributed by atoms with Crippen LogP contribution >= 0.6 is 0 Å². The SMILES string of the molecule is COc1ccccc1-c1ccnc(NC2COC3C(NS(=O)(=O)Cc4ccccc4)COC23)n1. The number of nitrogens with zero attached hydrogens (tertiary/aromatic N) is 2. The van der Waals surface area contributed by atoms with Crippen LogP contribution < -0.4 is 14.8 Å². The maximum Gasteiger partial charge on any atom is 0.223 e. The number of ether oxygens (including phenoxy) is 3. The average Bonchev–Trinajstić information content (AvgIpc) is 3.42. The number of rotatable bonds is 8. The first-order valence-corrected chi connectivity index (χ1v) is 12.7. The molecule has 10 heteroatoms. The first-order valence-electron chi connectivity index (χ1n) is 11.0. The largest absolute Gasteiger partial charge is 0.496 e. The molecule has 2 saturated heterocycles. The van der Waals surface area contributed by atoms with Crippen LogP contribution in [0.5, 0.6) is 5.75 Å². The third kappa shape index (κ3) is 4.90. The van der Waals surface area contributed by atoms with E-state index >= 15 is 0 Å². The van der Waals surface area contributed by atoms with Crippen LogP contribution in [-0.4, -0.2) is 63.0 Å². The molecule has 2 aliphatic rings. The Morgan fingerprint density at radius 3 is 2.47 bits per heavy atom. The Hall–Kier alpha value is -3.05. The van der Waals surface area contributed by atoms with Crippen molar-refractivity contribution in [3.8, 4) is 17.0 Å². The van der Waals surface area contributed by atoms with Crippen molar-refractivity contribution < 1.29 is 22.6 Å². The smallest absolute Gasteiger partial charge is 0.223 e. The van der Waals surface area contributed by atoms with E-state index in [1.165, 1.54) is 0 Å². The van der Waals surface area contributed by atoms with Gasteiger partial charge in [0, 0.05) is 11.8 Å². The summed E-state index contributed by atoms with van der Waals surface area (Å²) < 4.78 is 45.4. The summed E-state index contributed by atoms with van der Waals surface area (Å²) >= 11 is 0. The van der Waals surface area contributed by atoms with Gasteiger partial charge in [0.05, 0.1) is 43.9 Å². The fourth-order valence-electron chi connectivity index (χ4n) is 4.39. The van der Waals surface area contributed by atoms with Crippen molar-refractivity contribution >= 4 is 16.0 Å². The number of hydrogen-bond acceptors (Lipinski definition) is 8. The topological polar surface area (TPSA) is 112 Å². The zero-order valence-corrected chi connectivity index (χ0v) is 19.4. The van der Waals surface area contributed by atoms with Crippen LogP contribution in [0.1, 0.15) is 5.56 Å². The molecule has 9 nitrogen and oxygen atoms in total. The molecular weight excluding hydrogens is 456 g/mol. The third-order valence-electron chi connectivity index (χ3n) is 5.94. The highest BCUT2D eigenvalue weighted by Gasteiger charge is 2.49. The lowest BCUT2D eigenvalue weighted by atomic mass is 10.1. The molecule has 0 aliphatic carbocycles. The van der Waals surface area contributed by atoms with Gasteiger partial charge >= 0.3 is 0 Å². The monoisotopic (exact) mass is 482 g/mol. The molecule has 3 aromatic rings. The van der Waals surface area contributed by atoms with E-state index in [1.807, 2.05) is 48.5 Å². The Kier molecular flexibility index (Phi) is 6.46. The maximum atomic E-state index is 12.7. The predicted octanol–water partition coefficient (Wildman–Crippen LogP) is 2.22. The first-order chi connectivity index (χ1) is 16.5. The van der Waals surface area contributed by atoms with E-state index in [2.05, 4.69) is 20.0 Å². The number of hydrogen-bond donors (Lipinski definition) is 2. The molecule has 2 aliphatic heterocycles. The van der Waals surface area contributed by atoms with Gasteiger partial charge in [-0.1, -0.05) is 42.5 Å². The van der Waals surface area contributed by atoms with Crippen molar-refractivity contribution in [3.05, 3.63) is 72.4 Å².